The van der Waals surface area contributed by atoms with Gasteiger partial charge in [-0.15, -0.1) is 12.4 Å². The van der Waals surface area contributed by atoms with Crippen molar-refractivity contribution in [3.05, 3.63) is 71.8 Å². The minimum absolute atomic E-state index is 0. The Hall–Kier alpha value is -1.84. The highest BCUT2D eigenvalue weighted by molar-refractivity contribution is 5.87. The zero-order chi connectivity index (χ0) is 19.7. The van der Waals surface area contributed by atoms with Crippen LogP contribution in [0.1, 0.15) is 45.2 Å². The summed E-state index contributed by atoms with van der Waals surface area (Å²) >= 11 is 0. The van der Waals surface area contributed by atoms with E-state index in [2.05, 4.69) is 32.6 Å². The monoisotopic (exact) mass is 403 g/mol. The van der Waals surface area contributed by atoms with Gasteiger partial charge in [-0.3, -0.25) is 4.79 Å². The van der Waals surface area contributed by atoms with E-state index in [0.29, 0.717) is 18.9 Å². The molecule has 0 spiro atoms. The molecule has 154 valence electrons. The van der Waals surface area contributed by atoms with E-state index < -0.39 is 5.41 Å². The first kappa shape index (κ1) is 24.2. The molecule has 2 aromatic carbocycles. The van der Waals surface area contributed by atoms with Gasteiger partial charge in [-0.25, -0.2) is 0 Å². The van der Waals surface area contributed by atoms with Crippen LogP contribution in [0.2, 0.25) is 0 Å². The van der Waals surface area contributed by atoms with E-state index >= 15 is 0 Å². The SMILES string of the molecule is CCN(CC)CCOC(=O)C(CC(C)C)(c1ccccc1)c1ccccc1.Cl. The summed E-state index contributed by atoms with van der Waals surface area (Å²) in [5, 5.41) is 0. The number of hydrogen-bond acceptors (Lipinski definition) is 3. The van der Waals surface area contributed by atoms with E-state index in [-0.39, 0.29) is 18.4 Å². The van der Waals surface area contributed by atoms with Crippen LogP contribution in [0.5, 0.6) is 0 Å². The van der Waals surface area contributed by atoms with Gasteiger partial charge in [0.25, 0.3) is 0 Å². The number of rotatable bonds is 10. The van der Waals surface area contributed by atoms with Gasteiger partial charge >= 0.3 is 5.97 Å². The molecule has 0 aliphatic rings. The third-order valence-corrected chi connectivity index (χ3v) is 5.13. The third-order valence-electron chi connectivity index (χ3n) is 5.13. The Morgan fingerprint density at radius 1 is 0.929 bits per heavy atom. The molecule has 0 fully saturated rings. The van der Waals surface area contributed by atoms with Gasteiger partial charge in [0.15, 0.2) is 0 Å². The molecule has 0 atom stereocenters. The number of carbonyl (C=O) groups is 1. The highest BCUT2D eigenvalue weighted by Gasteiger charge is 2.43. The van der Waals surface area contributed by atoms with Crippen molar-refractivity contribution in [3.63, 3.8) is 0 Å². The lowest BCUT2D eigenvalue weighted by molar-refractivity contribution is -0.150. The first-order chi connectivity index (χ1) is 13.0. The lowest BCUT2D eigenvalue weighted by Gasteiger charge is -2.34. The molecule has 0 saturated heterocycles. The van der Waals surface area contributed by atoms with E-state index in [4.69, 9.17) is 4.74 Å². The lowest BCUT2D eigenvalue weighted by atomic mass is 9.69. The second-order valence-corrected chi connectivity index (χ2v) is 7.40. The van der Waals surface area contributed by atoms with Crippen molar-refractivity contribution in [1.29, 1.82) is 0 Å². The van der Waals surface area contributed by atoms with Crippen LogP contribution < -0.4 is 0 Å². The molecule has 2 rings (SSSR count). The van der Waals surface area contributed by atoms with Crippen molar-refractivity contribution >= 4 is 18.4 Å². The largest absolute Gasteiger partial charge is 0.463 e. The summed E-state index contributed by atoms with van der Waals surface area (Å²) in [5.74, 6) is 0.196. The van der Waals surface area contributed by atoms with Gasteiger partial charge in [0.05, 0.1) is 0 Å². The molecule has 0 saturated carbocycles. The molecule has 0 N–H and O–H groups in total. The summed E-state index contributed by atoms with van der Waals surface area (Å²) in [5.41, 5.74) is 1.22. The van der Waals surface area contributed by atoms with Crippen LogP contribution in [0, 0.1) is 5.92 Å². The number of hydrogen-bond donors (Lipinski definition) is 0. The van der Waals surface area contributed by atoms with E-state index in [1.807, 2.05) is 60.7 Å². The van der Waals surface area contributed by atoms with Gasteiger partial charge in [-0.05, 0) is 36.6 Å². The zero-order valence-corrected chi connectivity index (χ0v) is 18.4. The smallest absolute Gasteiger partial charge is 0.321 e. The predicted octanol–water partition coefficient (Wildman–Crippen LogP) is 5.33. The van der Waals surface area contributed by atoms with Crippen molar-refractivity contribution < 1.29 is 9.53 Å². The van der Waals surface area contributed by atoms with Gasteiger partial charge in [-0.1, -0.05) is 88.4 Å². The Bertz CT molecular complexity index is 645. The van der Waals surface area contributed by atoms with E-state index in [1.54, 1.807) is 0 Å². The Morgan fingerprint density at radius 2 is 1.39 bits per heavy atom. The summed E-state index contributed by atoms with van der Waals surface area (Å²) < 4.78 is 5.87. The molecule has 0 aliphatic carbocycles. The van der Waals surface area contributed by atoms with Crippen LogP contribution in [0.3, 0.4) is 0 Å². The number of esters is 1. The normalized spacial score (nSPS) is 11.4. The summed E-state index contributed by atoms with van der Waals surface area (Å²) in [7, 11) is 0. The molecule has 0 aromatic heterocycles. The molecular weight excluding hydrogens is 370 g/mol. The quantitative estimate of drug-likeness (QED) is 0.502. The average molecular weight is 404 g/mol. The molecule has 0 aliphatic heterocycles. The first-order valence-corrected chi connectivity index (χ1v) is 10.0. The summed E-state index contributed by atoms with van der Waals surface area (Å²) in [6.45, 7) is 11.7. The minimum Gasteiger partial charge on any atom is -0.463 e. The summed E-state index contributed by atoms with van der Waals surface area (Å²) in [4.78, 5) is 15.8. The molecule has 2 aromatic rings. The first-order valence-electron chi connectivity index (χ1n) is 10.0. The number of benzene rings is 2. The fourth-order valence-corrected chi connectivity index (χ4v) is 3.71. The molecular formula is C24H34ClNO2. The van der Waals surface area contributed by atoms with Crippen LogP contribution in [0.4, 0.5) is 0 Å². The Balaban J connectivity index is 0.00000392. The maximum absolute atomic E-state index is 13.5. The molecule has 28 heavy (non-hydrogen) atoms. The van der Waals surface area contributed by atoms with Crippen LogP contribution in [-0.4, -0.2) is 37.1 Å². The Kier molecular flexibility index (Phi) is 10.3. The number of halogens is 1. The maximum Gasteiger partial charge on any atom is 0.321 e. The second-order valence-electron chi connectivity index (χ2n) is 7.40. The standard InChI is InChI=1S/C24H33NO2.ClH/c1-5-25(6-2)17-18-27-23(26)24(19-20(3)4,21-13-9-7-10-14-21)22-15-11-8-12-16-22;/h7-16,20H,5-6,17-19H2,1-4H3;1H. The third kappa shape index (κ3) is 5.83. The molecule has 4 heteroatoms. The fourth-order valence-electron chi connectivity index (χ4n) is 3.71. The van der Waals surface area contributed by atoms with Crippen LogP contribution in [0.25, 0.3) is 0 Å². The Morgan fingerprint density at radius 3 is 1.79 bits per heavy atom. The average Bonchev–Trinajstić information content (AvgIpc) is 2.70. The van der Waals surface area contributed by atoms with Crippen molar-refractivity contribution in [2.24, 2.45) is 5.92 Å². The van der Waals surface area contributed by atoms with Crippen LogP contribution in [-0.2, 0) is 14.9 Å². The van der Waals surface area contributed by atoms with Crippen molar-refractivity contribution in [1.82, 2.24) is 4.90 Å². The van der Waals surface area contributed by atoms with Crippen molar-refractivity contribution in [3.8, 4) is 0 Å². The van der Waals surface area contributed by atoms with Crippen molar-refractivity contribution in [2.45, 2.75) is 39.5 Å². The molecule has 0 unspecified atom stereocenters. The lowest BCUT2D eigenvalue weighted by Crippen LogP contribution is -2.41. The molecule has 0 heterocycles. The molecule has 0 amide bonds. The van der Waals surface area contributed by atoms with Gasteiger partial charge in [-0.2, -0.15) is 0 Å². The molecule has 0 bridgehead atoms. The highest BCUT2D eigenvalue weighted by atomic mass is 35.5. The van der Waals surface area contributed by atoms with Crippen LogP contribution in [0.15, 0.2) is 60.7 Å². The molecule has 3 nitrogen and oxygen atoms in total. The fraction of sp³-hybridized carbons (Fsp3) is 0.458. The van der Waals surface area contributed by atoms with Crippen molar-refractivity contribution in [2.75, 3.05) is 26.2 Å². The maximum atomic E-state index is 13.5. The highest BCUT2D eigenvalue weighted by Crippen LogP contribution is 2.39. The van der Waals surface area contributed by atoms with E-state index in [0.717, 1.165) is 30.8 Å². The van der Waals surface area contributed by atoms with E-state index in [9.17, 15) is 4.79 Å². The van der Waals surface area contributed by atoms with Gasteiger partial charge in [0.1, 0.15) is 12.0 Å². The predicted molar refractivity (Wildman–Crippen MR) is 119 cm³/mol. The van der Waals surface area contributed by atoms with Gasteiger partial charge < -0.3 is 9.64 Å². The summed E-state index contributed by atoms with van der Waals surface area (Å²) in [6.07, 6.45) is 0.713. The topological polar surface area (TPSA) is 29.5 Å². The number of carbonyl (C=O) groups excluding carboxylic acids is 1. The molecule has 0 radical (unpaired) electrons. The zero-order valence-electron chi connectivity index (χ0n) is 17.6. The minimum atomic E-state index is -0.778. The number of ether oxygens (including phenoxy) is 1. The number of likely N-dealkylation sites (N-methyl/N-ethyl adjacent to an activating group) is 1. The summed E-state index contributed by atoms with van der Waals surface area (Å²) in [6, 6.07) is 20.1. The second kappa shape index (κ2) is 11.9. The van der Waals surface area contributed by atoms with Gasteiger partial charge in [0.2, 0.25) is 0 Å². The Labute approximate surface area is 176 Å². The van der Waals surface area contributed by atoms with Gasteiger partial charge in [0, 0.05) is 6.54 Å². The van der Waals surface area contributed by atoms with Crippen LogP contribution >= 0.6 is 12.4 Å². The number of nitrogens with zero attached hydrogens (tertiary/aromatic N) is 1. The van der Waals surface area contributed by atoms with E-state index in [1.165, 1.54) is 0 Å².